The number of aryl methyl sites for hydroxylation is 1. The van der Waals surface area contributed by atoms with E-state index in [4.69, 9.17) is 22.7 Å². The molecule has 6 N–H and O–H groups in total. The van der Waals surface area contributed by atoms with Crippen LogP contribution in [0.4, 0.5) is 30.5 Å². The zero-order valence-corrected chi connectivity index (χ0v) is 21.1. The molecule has 0 saturated heterocycles. The molecular weight excluding hydrogens is 521 g/mol. The number of rotatable bonds is 7. The van der Waals surface area contributed by atoms with Crippen LogP contribution in [0.25, 0.3) is 0 Å². The van der Waals surface area contributed by atoms with E-state index in [2.05, 4.69) is 32.4 Å². The lowest BCUT2D eigenvalue weighted by molar-refractivity contribution is -0.137. The summed E-state index contributed by atoms with van der Waals surface area (Å²) in [5.74, 6) is 5.11. The lowest BCUT2D eigenvalue weighted by Gasteiger charge is -2.13. The number of halogens is 4. The fraction of sp³-hybridized carbons (Fsp3) is 0.231. The number of carbonyl (C=O) groups is 1. The maximum Gasteiger partial charge on any atom is 0.417 e. The van der Waals surface area contributed by atoms with Crippen LogP contribution >= 0.6 is 11.6 Å². The van der Waals surface area contributed by atoms with Gasteiger partial charge in [0.25, 0.3) is 5.91 Å². The van der Waals surface area contributed by atoms with Crippen molar-refractivity contribution in [1.82, 2.24) is 9.97 Å². The number of nitrogen functional groups attached to an aromatic ring is 1. The fourth-order valence-corrected chi connectivity index (χ4v) is 3.45. The molecule has 1 amide bonds. The Hall–Kier alpha value is -4.14. The Balaban J connectivity index is 1.84. The molecule has 1 atom stereocenters. The van der Waals surface area contributed by atoms with Crippen molar-refractivity contribution < 1.29 is 23.1 Å². The molecule has 2 aromatic carbocycles. The van der Waals surface area contributed by atoms with Crippen molar-refractivity contribution in [1.29, 1.82) is 5.41 Å². The van der Waals surface area contributed by atoms with Crippen LogP contribution in [0.2, 0.25) is 5.02 Å². The first-order valence-electron chi connectivity index (χ1n) is 11.3. The highest BCUT2D eigenvalue weighted by atomic mass is 35.5. The number of hydrogen-bond acceptors (Lipinski definition) is 7. The van der Waals surface area contributed by atoms with E-state index in [0.717, 1.165) is 11.6 Å². The predicted octanol–water partition coefficient (Wildman–Crippen LogP) is 4.75. The number of hydrogen-bond donors (Lipinski definition) is 5. The van der Waals surface area contributed by atoms with E-state index in [9.17, 15) is 23.1 Å². The third kappa shape index (κ3) is 7.00. The molecule has 8 nitrogen and oxygen atoms in total. The monoisotopic (exact) mass is 544 g/mol. The number of nitrogens with two attached hydrogens (primary N) is 1. The third-order valence-electron chi connectivity index (χ3n) is 5.41. The van der Waals surface area contributed by atoms with Crippen LogP contribution in [0.3, 0.4) is 0 Å². The lowest BCUT2D eigenvalue weighted by Crippen LogP contribution is -2.18. The summed E-state index contributed by atoms with van der Waals surface area (Å²) in [4.78, 5) is 20.7. The van der Waals surface area contributed by atoms with Gasteiger partial charge in [0.1, 0.15) is 23.7 Å². The van der Waals surface area contributed by atoms with Gasteiger partial charge in [0.2, 0.25) is 0 Å². The number of amides is 1. The van der Waals surface area contributed by atoms with Crippen molar-refractivity contribution in [2.24, 2.45) is 5.92 Å². The molecule has 3 rings (SSSR count). The molecule has 38 heavy (non-hydrogen) atoms. The van der Waals surface area contributed by atoms with E-state index in [0.29, 0.717) is 29.7 Å². The summed E-state index contributed by atoms with van der Waals surface area (Å²) >= 11 is 5.63. The Morgan fingerprint density at radius 3 is 2.66 bits per heavy atom. The predicted molar refractivity (Wildman–Crippen MR) is 140 cm³/mol. The Morgan fingerprint density at radius 1 is 1.24 bits per heavy atom. The number of nitrogens with zero attached hydrogens (tertiary/aromatic N) is 2. The summed E-state index contributed by atoms with van der Waals surface area (Å²) in [6, 6.07) is 7.70. The Morgan fingerprint density at radius 2 is 1.97 bits per heavy atom. The van der Waals surface area contributed by atoms with Crippen LogP contribution in [0, 0.1) is 30.1 Å². The van der Waals surface area contributed by atoms with Crippen molar-refractivity contribution in [3.05, 3.63) is 75.6 Å². The topological polar surface area (TPSA) is 137 Å². The minimum absolute atomic E-state index is 0.0339. The minimum atomic E-state index is -4.70. The first-order chi connectivity index (χ1) is 17.9. The summed E-state index contributed by atoms with van der Waals surface area (Å²) in [5, 5.41) is 22.8. The number of aliphatic hydroxyl groups excluding tert-OH is 1. The van der Waals surface area contributed by atoms with Gasteiger partial charge in [0.05, 0.1) is 16.1 Å². The summed E-state index contributed by atoms with van der Waals surface area (Å²) in [7, 11) is 0. The minimum Gasteiger partial charge on any atom is -0.396 e. The van der Waals surface area contributed by atoms with Crippen LogP contribution in [-0.4, -0.2) is 39.8 Å². The van der Waals surface area contributed by atoms with Gasteiger partial charge in [-0.1, -0.05) is 30.5 Å². The van der Waals surface area contributed by atoms with Crippen LogP contribution in [0.1, 0.15) is 39.5 Å². The van der Waals surface area contributed by atoms with Crippen molar-refractivity contribution in [3.8, 4) is 11.8 Å². The van der Waals surface area contributed by atoms with E-state index in [-0.39, 0.29) is 35.2 Å². The van der Waals surface area contributed by atoms with E-state index in [1.54, 1.807) is 25.1 Å². The molecular formula is C26H24ClF3N6O2. The first kappa shape index (κ1) is 28.4. The number of aliphatic hydroxyl groups is 1. The maximum absolute atomic E-state index is 13.2. The second-order valence-corrected chi connectivity index (χ2v) is 8.86. The van der Waals surface area contributed by atoms with Gasteiger partial charge in [0, 0.05) is 30.0 Å². The summed E-state index contributed by atoms with van der Waals surface area (Å²) < 4.78 is 39.5. The molecule has 12 heteroatoms. The maximum atomic E-state index is 13.2. The third-order valence-corrected chi connectivity index (χ3v) is 5.74. The highest BCUT2D eigenvalue weighted by molar-refractivity contribution is 6.31. The molecule has 0 unspecified atom stereocenters. The highest BCUT2D eigenvalue weighted by Gasteiger charge is 2.33. The quantitative estimate of drug-likeness (QED) is 0.215. The Kier molecular flexibility index (Phi) is 8.93. The van der Waals surface area contributed by atoms with E-state index >= 15 is 0 Å². The molecule has 0 aliphatic rings. The smallest absolute Gasteiger partial charge is 0.396 e. The van der Waals surface area contributed by atoms with Crippen molar-refractivity contribution in [2.45, 2.75) is 20.0 Å². The molecule has 0 fully saturated rings. The van der Waals surface area contributed by atoms with Gasteiger partial charge in [-0.05, 0) is 54.7 Å². The molecule has 1 heterocycles. The number of aromatic nitrogens is 2. The van der Waals surface area contributed by atoms with Gasteiger partial charge in [-0.2, -0.15) is 13.2 Å². The van der Waals surface area contributed by atoms with Gasteiger partial charge >= 0.3 is 6.18 Å². The molecule has 0 aliphatic carbocycles. The second kappa shape index (κ2) is 11.9. The van der Waals surface area contributed by atoms with Crippen molar-refractivity contribution >= 4 is 40.5 Å². The van der Waals surface area contributed by atoms with Crippen molar-refractivity contribution in [3.63, 3.8) is 0 Å². The molecule has 0 saturated carbocycles. The molecule has 0 spiro atoms. The standard InChI is InChI=1S/C26H24ClF3N6O2/c1-14(12-37)11-33-24-22(23(32)34-13-35-24)21(31)8-5-16-9-18(6-3-15(16)2)36-25(38)17-4-7-20(27)19(10-17)26(28,29)30/h3-4,6-7,9-10,13-14,31,37H,11-12H2,1-2H3,(H,36,38)(H3,32,33,34,35)/t14-/m0/s1. The van der Waals surface area contributed by atoms with E-state index in [1.165, 1.54) is 12.4 Å². The second-order valence-electron chi connectivity index (χ2n) is 8.45. The average molecular weight is 545 g/mol. The SMILES string of the molecule is Cc1ccc(NC(=O)c2ccc(Cl)c(C(F)(F)F)c2)cc1C#CC(=N)c1c(N)ncnc1NC[C@H](C)CO. The van der Waals surface area contributed by atoms with Gasteiger partial charge in [-0.3, -0.25) is 10.2 Å². The summed E-state index contributed by atoms with van der Waals surface area (Å²) in [6.07, 6.45) is -3.45. The van der Waals surface area contributed by atoms with Gasteiger partial charge < -0.3 is 21.5 Å². The number of carbonyl (C=O) groups excluding carboxylic acids is 1. The van der Waals surface area contributed by atoms with Gasteiger partial charge in [-0.15, -0.1) is 0 Å². The number of benzene rings is 2. The Labute approximate surface area is 222 Å². The molecule has 0 bridgehead atoms. The molecule has 1 aromatic heterocycles. The van der Waals surface area contributed by atoms with Crippen molar-refractivity contribution in [2.75, 3.05) is 29.5 Å². The molecule has 0 radical (unpaired) electrons. The molecule has 3 aromatic rings. The van der Waals surface area contributed by atoms with Gasteiger partial charge in [-0.25, -0.2) is 9.97 Å². The summed E-state index contributed by atoms with van der Waals surface area (Å²) in [5.41, 5.74) is 6.19. The zero-order chi connectivity index (χ0) is 28.0. The first-order valence-corrected chi connectivity index (χ1v) is 11.6. The zero-order valence-electron chi connectivity index (χ0n) is 20.4. The molecule has 0 aliphatic heterocycles. The van der Waals surface area contributed by atoms with Crippen LogP contribution < -0.4 is 16.4 Å². The summed E-state index contributed by atoms with van der Waals surface area (Å²) in [6.45, 7) is 3.96. The van der Waals surface area contributed by atoms with E-state index in [1.807, 2.05) is 6.92 Å². The average Bonchev–Trinajstić information content (AvgIpc) is 2.86. The van der Waals surface area contributed by atoms with E-state index < -0.39 is 22.7 Å². The number of alkyl halides is 3. The largest absolute Gasteiger partial charge is 0.417 e. The molecule has 198 valence electrons. The number of nitrogens with one attached hydrogen (secondary N) is 3. The van der Waals surface area contributed by atoms with Gasteiger partial charge in [0.15, 0.2) is 0 Å². The highest BCUT2D eigenvalue weighted by Crippen LogP contribution is 2.35. The normalized spacial score (nSPS) is 11.8. The van der Waals surface area contributed by atoms with Crippen LogP contribution in [0.15, 0.2) is 42.7 Å². The van der Waals surface area contributed by atoms with Crippen LogP contribution in [0.5, 0.6) is 0 Å². The fourth-order valence-electron chi connectivity index (χ4n) is 3.23. The van der Waals surface area contributed by atoms with Crippen LogP contribution in [-0.2, 0) is 6.18 Å². The lowest BCUT2D eigenvalue weighted by atomic mass is 10.1. The Bertz CT molecular complexity index is 1430. The number of anilines is 3.